The lowest BCUT2D eigenvalue weighted by Gasteiger charge is -2.36. The number of hydrogen-bond acceptors (Lipinski definition) is 5. The Kier molecular flexibility index (Phi) is 6.94. The topological polar surface area (TPSA) is 79.0 Å². The highest BCUT2D eigenvalue weighted by Crippen LogP contribution is 2.26. The predicted molar refractivity (Wildman–Crippen MR) is 113 cm³/mol. The third-order valence-electron chi connectivity index (χ3n) is 5.00. The van der Waals surface area contributed by atoms with Crippen molar-refractivity contribution in [1.82, 2.24) is 9.62 Å². The van der Waals surface area contributed by atoms with Crippen LogP contribution in [0.5, 0.6) is 5.75 Å². The molecule has 0 saturated carbocycles. The maximum absolute atomic E-state index is 13.1. The number of carbonyl (C=O) groups excluding carboxylic acids is 1. The van der Waals surface area contributed by atoms with Crippen molar-refractivity contribution < 1.29 is 22.3 Å². The van der Waals surface area contributed by atoms with Crippen LogP contribution in [0, 0.1) is 5.82 Å². The number of halogens is 1. The van der Waals surface area contributed by atoms with Crippen molar-refractivity contribution >= 4 is 21.6 Å². The van der Waals surface area contributed by atoms with Crippen molar-refractivity contribution in [2.45, 2.75) is 18.2 Å². The first kappa shape index (κ1) is 22.0. The molecule has 3 rings (SSSR count). The van der Waals surface area contributed by atoms with Gasteiger partial charge < -0.3 is 14.5 Å². The molecule has 0 unspecified atom stereocenters. The van der Waals surface area contributed by atoms with Gasteiger partial charge in [0.1, 0.15) is 16.5 Å². The molecular formula is C21H26FN3O4S. The average Bonchev–Trinajstić information content (AvgIpc) is 2.77. The number of rotatable bonds is 7. The molecule has 7 nitrogen and oxygen atoms in total. The first-order valence-corrected chi connectivity index (χ1v) is 11.3. The molecule has 0 atom stereocenters. The van der Waals surface area contributed by atoms with Crippen molar-refractivity contribution in [2.75, 3.05) is 44.7 Å². The van der Waals surface area contributed by atoms with Gasteiger partial charge >= 0.3 is 0 Å². The van der Waals surface area contributed by atoms with Gasteiger partial charge in [-0.2, -0.15) is 0 Å². The number of amides is 1. The van der Waals surface area contributed by atoms with Gasteiger partial charge in [-0.05, 0) is 48.9 Å². The van der Waals surface area contributed by atoms with E-state index in [4.69, 9.17) is 4.74 Å². The van der Waals surface area contributed by atoms with Gasteiger partial charge in [0.2, 0.25) is 10.0 Å². The molecule has 0 spiro atoms. The first-order valence-electron chi connectivity index (χ1n) is 9.83. The lowest BCUT2D eigenvalue weighted by atomic mass is 10.1. The maximum atomic E-state index is 13.1. The third kappa shape index (κ3) is 4.91. The summed E-state index contributed by atoms with van der Waals surface area (Å²) in [6.07, 6.45) is 0.651. The monoisotopic (exact) mass is 435 g/mol. The summed E-state index contributed by atoms with van der Waals surface area (Å²) >= 11 is 0. The highest BCUT2D eigenvalue weighted by molar-refractivity contribution is 7.89. The van der Waals surface area contributed by atoms with Crippen LogP contribution in [0.2, 0.25) is 0 Å². The number of benzene rings is 2. The zero-order valence-electron chi connectivity index (χ0n) is 17.1. The van der Waals surface area contributed by atoms with Crippen molar-refractivity contribution in [3.63, 3.8) is 0 Å². The van der Waals surface area contributed by atoms with Crippen molar-refractivity contribution in [3.8, 4) is 5.75 Å². The number of ether oxygens (including phenoxy) is 1. The molecule has 2 aromatic carbocycles. The van der Waals surface area contributed by atoms with Crippen molar-refractivity contribution in [1.29, 1.82) is 0 Å². The second kappa shape index (κ2) is 9.44. The minimum Gasteiger partial charge on any atom is -0.495 e. The molecule has 0 radical (unpaired) electrons. The number of piperazine rings is 1. The van der Waals surface area contributed by atoms with E-state index in [2.05, 4.69) is 9.62 Å². The summed E-state index contributed by atoms with van der Waals surface area (Å²) in [6, 6.07) is 10.7. The predicted octanol–water partition coefficient (Wildman–Crippen LogP) is 2.49. The number of carbonyl (C=O) groups is 1. The second-order valence-electron chi connectivity index (χ2n) is 7.02. The zero-order chi connectivity index (χ0) is 21.7. The molecule has 1 fully saturated rings. The van der Waals surface area contributed by atoms with Gasteiger partial charge in [0.25, 0.3) is 5.91 Å². The van der Waals surface area contributed by atoms with E-state index in [0.717, 1.165) is 5.69 Å². The molecule has 162 valence electrons. The highest BCUT2D eigenvalue weighted by atomic mass is 32.2. The minimum atomic E-state index is -3.78. The van der Waals surface area contributed by atoms with Gasteiger partial charge in [0.05, 0.1) is 7.11 Å². The van der Waals surface area contributed by atoms with E-state index >= 15 is 0 Å². The quantitative estimate of drug-likeness (QED) is 0.723. The lowest BCUT2D eigenvalue weighted by Crippen LogP contribution is -2.48. The van der Waals surface area contributed by atoms with E-state index in [1.54, 1.807) is 23.1 Å². The van der Waals surface area contributed by atoms with E-state index in [1.165, 1.54) is 31.4 Å². The Labute approximate surface area is 176 Å². The smallest absolute Gasteiger partial charge is 0.254 e. The van der Waals surface area contributed by atoms with E-state index in [0.29, 0.717) is 44.7 Å². The Morgan fingerprint density at radius 1 is 1.10 bits per heavy atom. The summed E-state index contributed by atoms with van der Waals surface area (Å²) in [6.45, 7) is 4.35. The van der Waals surface area contributed by atoms with E-state index in [9.17, 15) is 17.6 Å². The Morgan fingerprint density at radius 2 is 1.77 bits per heavy atom. The zero-order valence-corrected chi connectivity index (χ0v) is 17.9. The molecule has 1 N–H and O–H groups in total. The third-order valence-corrected chi connectivity index (χ3v) is 6.48. The largest absolute Gasteiger partial charge is 0.495 e. The molecule has 30 heavy (non-hydrogen) atoms. The summed E-state index contributed by atoms with van der Waals surface area (Å²) < 4.78 is 46.0. The van der Waals surface area contributed by atoms with E-state index in [1.807, 2.05) is 6.92 Å². The normalized spacial score (nSPS) is 14.6. The van der Waals surface area contributed by atoms with Crippen LogP contribution in [0.4, 0.5) is 10.1 Å². The van der Waals surface area contributed by atoms with Crippen LogP contribution in [0.25, 0.3) is 0 Å². The molecule has 2 aromatic rings. The molecule has 1 saturated heterocycles. The Bertz CT molecular complexity index is 988. The lowest BCUT2D eigenvalue weighted by molar-refractivity contribution is 0.0746. The summed E-state index contributed by atoms with van der Waals surface area (Å²) in [4.78, 5) is 16.7. The fraction of sp³-hybridized carbons (Fsp3) is 0.381. The van der Waals surface area contributed by atoms with Crippen LogP contribution < -0.4 is 14.4 Å². The minimum absolute atomic E-state index is 0.0470. The number of sulfonamides is 1. The van der Waals surface area contributed by atoms with Gasteiger partial charge in [0.15, 0.2) is 0 Å². The number of methoxy groups -OCH3 is 1. The Morgan fingerprint density at radius 3 is 2.37 bits per heavy atom. The van der Waals surface area contributed by atoms with Gasteiger partial charge in [-0.15, -0.1) is 0 Å². The molecule has 1 aliphatic rings. The Hall–Kier alpha value is -2.65. The molecule has 0 bridgehead atoms. The average molecular weight is 436 g/mol. The van der Waals surface area contributed by atoms with Gasteiger partial charge in [-0.3, -0.25) is 4.79 Å². The van der Waals surface area contributed by atoms with Crippen LogP contribution in [-0.4, -0.2) is 59.1 Å². The Balaban J connectivity index is 1.74. The fourth-order valence-corrected chi connectivity index (χ4v) is 4.66. The maximum Gasteiger partial charge on any atom is 0.254 e. The summed E-state index contributed by atoms with van der Waals surface area (Å²) in [5, 5.41) is 0. The first-order chi connectivity index (χ1) is 14.4. The second-order valence-corrected chi connectivity index (χ2v) is 8.75. The standard InChI is InChI=1S/C21H26FN3O4S/c1-3-10-23-30(27,28)20-15-16(4-9-19(20)29-2)21(26)25-13-11-24(12-14-25)18-7-5-17(22)6-8-18/h4-9,15,23H,3,10-14H2,1-2H3. The molecule has 0 aliphatic carbocycles. The molecule has 1 aliphatic heterocycles. The van der Waals surface area contributed by atoms with E-state index in [-0.39, 0.29) is 22.4 Å². The molecule has 1 amide bonds. The van der Waals surface area contributed by atoms with Crippen LogP contribution >= 0.6 is 0 Å². The fourth-order valence-electron chi connectivity index (χ4n) is 3.34. The molecule has 9 heteroatoms. The van der Waals surface area contributed by atoms with Gasteiger partial charge in [-0.1, -0.05) is 6.92 Å². The number of nitrogens with zero attached hydrogens (tertiary/aromatic N) is 2. The van der Waals surface area contributed by atoms with Crippen LogP contribution in [0.3, 0.4) is 0 Å². The SMILES string of the molecule is CCCNS(=O)(=O)c1cc(C(=O)N2CCN(c3ccc(F)cc3)CC2)ccc1OC. The van der Waals surface area contributed by atoms with Crippen molar-refractivity contribution in [2.24, 2.45) is 0 Å². The molecular weight excluding hydrogens is 409 g/mol. The van der Waals surface area contributed by atoms with Crippen LogP contribution in [-0.2, 0) is 10.0 Å². The van der Waals surface area contributed by atoms with Gasteiger partial charge in [0, 0.05) is 44.0 Å². The van der Waals surface area contributed by atoms with E-state index < -0.39 is 10.0 Å². The number of hydrogen-bond donors (Lipinski definition) is 1. The molecule has 0 aromatic heterocycles. The van der Waals surface area contributed by atoms with Crippen LogP contribution in [0.15, 0.2) is 47.4 Å². The van der Waals surface area contributed by atoms with Gasteiger partial charge in [-0.25, -0.2) is 17.5 Å². The molecule has 1 heterocycles. The number of nitrogens with one attached hydrogen (secondary N) is 1. The van der Waals surface area contributed by atoms with Crippen LogP contribution in [0.1, 0.15) is 23.7 Å². The number of anilines is 1. The van der Waals surface area contributed by atoms with Crippen molar-refractivity contribution in [3.05, 3.63) is 53.8 Å². The summed E-state index contributed by atoms with van der Waals surface area (Å²) in [5.41, 5.74) is 1.20. The summed E-state index contributed by atoms with van der Waals surface area (Å²) in [5.74, 6) is -0.328. The highest BCUT2D eigenvalue weighted by Gasteiger charge is 2.25. The summed E-state index contributed by atoms with van der Waals surface area (Å²) in [7, 11) is -2.39.